The summed E-state index contributed by atoms with van der Waals surface area (Å²) in [5, 5.41) is 5.84. The van der Waals surface area contributed by atoms with E-state index in [1.54, 1.807) is 0 Å². The second-order valence-electron chi connectivity index (χ2n) is 4.63. The Morgan fingerprint density at radius 2 is 2.05 bits per heavy atom. The lowest BCUT2D eigenvalue weighted by molar-refractivity contribution is 0.248. The molecule has 1 aliphatic carbocycles. The summed E-state index contributed by atoms with van der Waals surface area (Å²) < 4.78 is 0. The van der Waals surface area contributed by atoms with Crippen molar-refractivity contribution in [3.8, 4) is 11.8 Å². The summed E-state index contributed by atoms with van der Waals surface area (Å²) in [5.41, 5.74) is 6.87. The van der Waals surface area contributed by atoms with E-state index in [9.17, 15) is 4.79 Å². The van der Waals surface area contributed by atoms with Crippen LogP contribution in [0, 0.1) is 11.8 Å². The Morgan fingerprint density at radius 1 is 1.32 bits per heavy atom. The van der Waals surface area contributed by atoms with E-state index in [2.05, 4.69) is 22.5 Å². The Balaban J connectivity index is 1.99. The molecule has 1 saturated carbocycles. The number of nitrogens with one attached hydrogen (secondary N) is 2. The third-order valence-electron chi connectivity index (χ3n) is 3.19. The van der Waals surface area contributed by atoms with Crippen LogP contribution in [-0.2, 0) is 0 Å². The molecular weight excluding hydrogens is 238 g/mol. The van der Waals surface area contributed by atoms with Crippen molar-refractivity contribution in [1.29, 1.82) is 0 Å². The molecule has 2 amide bonds. The third-order valence-corrected chi connectivity index (χ3v) is 3.19. The fourth-order valence-corrected chi connectivity index (χ4v) is 2.26. The number of nitrogens with two attached hydrogens (primary N) is 1. The first-order valence-corrected chi connectivity index (χ1v) is 6.65. The number of benzene rings is 1. The van der Waals surface area contributed by atoms with Crippen molar-refractivity contribution < 1.29 is 4.79 Å². The van der Waals surface area contributed by atoms with E-state index >= 15 is 0 Å². The zero-order valence-corrected chi connectivity index (χ0v) is 10.9. The summed E-state index contributed by atoms with van der Waals surface area (Å²) in [6, 6.07) is 7.62. The van der Waals surface area contributed by atoms with Crippen LogP contribution in [-0.4, -0.2) is 18.6 Å². The fraction of sp³-hybridized carbons (Fsp3) is 0.400. The second kappa shape index (κ2) is 6.81. The monoisotopic (exact) mass is 257 g/mol. The van der Waals surface area contributed by atoms with Crippen LogP contribution in [0.4, 0.5) is 10.5 Å². The van der Waals surface area contributed by atoms with E-state index in [1.807, 2.05) is 24.3 Å². The molecule has 0 spiro atoms. The van der Waals surface area contributed by atoms with Crippen LogP contribution in [0.2, 0.25) is 0 Å². The van der Waals surface area contributed by atoms with Crippen LogP contribution in [0.3, 0.4) is 0 Å². The number of amides is 2. The SMILES string of the molecule is NCC#Cc1ccccc1NC(=O)NC1CCCC1. The number of hydrogen-bond acceptors (Lipinski definition) is 2. The van der Waals surface area contributed by atoms with Gasteiger partial charge in [0.25, 0.3) is 0 Å². The molecule has 0 atom stereocenters. The van der Waals surface area contributed by atoms with E-state index in [4.69, 9.17) is 5.73 Å². The Morgan fingerprint density at radius 3 is 2.79 bits per heavy atom. The van der Waals surface area contributed by atoms with Gasteiger partial charge >= 0.3 is 6.03 Å². The van der Waals surface area contributed by atoms with E-state index in [0.29, 0.717) is 12.6 Å². The van der Waals surface area contributed by atoms with Gasteiger partial charge < -0.3 is 16.4 Å². The van der Waals surface area contributed by atoms with Crippen LogP contribution in [0.25, 0.3) is 0 Å². The Bertz CT molecular complexity index is 496. The van der Waals surface area contributed by atoms with Gasteiger partial charge in [0.05, 0.1) is 12.2 Å². The number of carbonyl (C=O) groups excluding carboxylic acids is 1. The van der Waals surface area contributed by atoms with Crippen molar-refractivity contribution in [2.24, 2.45) is 5.73 Å². The van der Waals surface area contributed by atoms with E-state index in [-0.39, 0.29) is 6.03 Å². The predicted octanol–water partition coefficient (Wildman–Crippen LogP) is 2.06. The summed E-state index contributed by atoms with van der Waals surface area (Å²) in [5.74, 6) is 5.75. The molecule has 1 fully saturated rings. The number of urea groups is 1. The van der Waals surface area contributed by atoms with Crippen LogP contribution in [0.15, 0.2) is 24.3 Å². The summed E-state index contributed by atoms with van der Waals surface area (Å²) in [4.78, 5) is 11.9. The van der Waals surface area contributed by atoms with Crippen molar-refractivity contribution in [2.45, 2.75) is 31.7 Å². The molecule has 0 aromatic heterocycles. The quantitative estimate of drug-likeness (QED) is 0.710. The minimum Gasteiger partial charge on any atom is -0.335 e. The van der Waals surface area contributed by atoms with Gasteiger partial charge in [0.2, 0.25) is 0 Å². The molecule has 19 heavy (non-hydrogen) atoms. The molecule has 1 aromatic carbocycles. The predicted molar refractivity (Wildman–Crippen MR) is 76.8 cm³/mol. The Labute approximate surface area is 113 Å². The molecule has 1 aromatic rings. The number of rotatable bonds is 2. The van der Waals surface area contributed by atoms with Gasteiger partial charge in [-0.15, -0.1) is 0 Å². The fourth-order valence-electron chi connectivity index (χ4n) is 2.26. The topological polar surface area (TPSA) is 67.1 Å². The smallest absolute Gasteiger partial charge is 0.319 e. The molecular formula is C15H19N3O. The zero-order valence-electron chi connectivity index (χ0n) is 10.9. The standard InChI is InChI=1S/C15H19N3O/c16-11-5-7-12-6-1-4-10-14(12)18-15(19)17-13-8-2-3-9-13/h1,4,6,10,13H,2-3,8-9,11,16H2,(H2,17,18,19). The number of anilines is 1. The van der Waals surface area contributed by atoms with Gasteiger partial charge in [0, 0.05) is 11.6 Å². The van der Waals surface area contributed by atoms with Gasteiger partial charge in [-0.3, -0.25) is 0 Å². The maximum absolute atomic E-state index is 11.9. The molecule has 0 heterocycles. The van der Waals surface area contributed by atoms with Crippen molar-refractivity contribution >= 4 is 11.7 Å². The molecule has 0 aliphatic heterocycles. The normalized spacial score (nSPS) is 14.6. The van der Waals surface area contributed by atoms with E-state index in [0.717, 1.165) is 24.1 Å². The molecule has 4 heteroatoms. The van der Waals surface area contributed by atoms with Crippen molar-refractivity contribution in [2.75, 3.05) is 11.9 Å². The molecule has 4 nitrogen and oxygen atoms in total. The molecule has 0 radical (unpaired) electrons. The maximum Gasteiger partial charge on any atom is 0.319 e. The highest BCUT2D eigenvalue weighted by molar-refractivity contribution is 5.91. The van der Waals surface area contributed by atoms with Crippen molar-refractivity contribution in [3.63, 3.8) is 0 Å². The minimum atomic E-state index is -0.158. The van der Waals surface area contributed by atoms with Crippen LogP contribution in [0.5, 0.6) is 0 Å². The minimum absolute atomic E-state index is 0.158. The van der Waals surface area contributed by atoms with Crippen LogP contribution in [0.1, 0.15) is 31.2 Å². The highest BCUT2D eigenvalue weighted by Gasteiger charge is 2.17. The number of hydrogen-bond donors (Lipinski definition) is 3. The molecule has 0 bridgehead atoms. The average molecular weight is 257 g/mol. The van der Waals surface area contributed by atoms with Gasteiger partial charge in [0.15, 0.2) is 0 Å². The third kappa shape index (κ3) is 4.01. The van der Waals surface area contributed by atoms with Crippen molar-refractivity contribution in [3.05, 3.63) is 29.8 Å². The summed E-state index contributed by atoms with van der Waals surface area (Å²) >= 11 is 0. The van der Waals surface area contributed by atoms with Gasteiger partial charge in [-0.05, 0) is 25.0 Å². The summed E-state index contributed by atoms with van der Waals surface area (Å²) in [6.45, 7) is 0.308. The summed E-state index contributed by atoms with van der Waals surface area (Å²) in [6.07, 6.45) is 4.54. The zero-order chi connectivity index (χ0) is 13.5. The first kappa shape index (κ1) is 13.4. The highest BCUT2D eigenvalue weighted by atomic mass is 16.2. The molecule has 0 saturated heterocycles. The van der Waals surface area contributed by atoms with Gasteiger partial charge in [0.1, 0.15) is 0 Å². The highest BCUT2D eigenvalue weighted by Crippen LogP contribution is 2.18. The van der Waals surface area contributed by atoms with E-state index in [1.165, 1.54) is 12.8 Å². The Hall–Kier alpha value is -1.99. The molecule has 4 N–H and O–H groups in total. The first-order valence-electron chi connectivity index (χ1n) is 6.65. The number of carbonyl (C=O) groups is 1. The largest absolute Gasteiger partial charge is 0.335 e. The van der Waals surface area contributed by atoms with Gasteiger partial charge in [-0.2, -0.15) is 0 Å². The van der Waals surface area contributed by atoms with E-state index < -0.39 is 0 Å². The second-order valence-corrected chi connectivity index (χ2v) is 4.63. The van der Waals surface area contributed by atoms with Crippen LogP contribution < -0.4 is 16.4 Å². The maximum atomic E-state index is 11.9. The lowest BCUT2D eigenvalue weighted by atomic mass is 10.2. The molecule has 1 aliphatic rings. The number of para-hydroxylation sites is 1. The first-order chi connectivity index (χ1) is 9.29. The van der Waals surface area contributed by atoms with Crippen LogP contribution >= 0.6 is 0 Å². The molecule has 2 rings (SSSR count). The lowest BCUT2D eigenvalue weighted by Crippen LogP contribution is -2.36. The average Bonchev–Trinajstić information content (AvgIpc) is 2.90. The molecule has 0 unspecified atom stereocenters. The van der Waals surface area contributed by atoms with Crippen molar-refractivity contribution in [1.82, 2.24) is 5.32 Å². The summed E-state index contributed by atoms with van der Waals surface area (Å²) in [7, 11) is 0. The Kier molecular flexibility index (Phi) is 4.82. The molecule has 100 valence electrons. The van der Waals surface area contributed by atoms with Gasteiger partial charge in [-0.25, -0.2) is 4.79 Å². The van der Waals surface area contributed by atoms with Gasteiger partial charge in [-0.1, -0.05) is 36.8 Å². The lowest BCUT2D eigenvalue weighted by Gasteiger charge is -2.13.